The van der Waals surface area contributed by atoms with Crippen LogP contribution in [0.2, 0.25) is 43.3 Å². The number of nitro benzene ring substituents is 1. The standard InChI is InChI=1S/C18H13N2O3.C5H5.Fe/c19-18(21)16-11-5-10-15(17(16)20(22)23)14-9-4-3-8-13(14)12-6-1-2-7-12;1-2-4-5-3-1;/h1-11H,(H2,19,21);1-5H;. The number of benzene rings is 2. The first-order valence-corrected chi connectivity index (χ1v) is 17.0. The number of amides is 1. The van der Waals surface area contributed by atoms with Crippen molar-refractivity contribution in [3.05, 3.63) is 63.7 Å². The third kappa shape index (κ3) is 0.228. The van der Waals surface area contributed by atoms with E-state index in [0.717, 1.165) is 15.2 Å². The summed E-state index contributed by atoms with van der Waals surface area (Å²) in [6.07, 6.45) is 0. The molecule has 29 heavy (non-hydrogen) atoms. The second kappa shape index (κ2) is 1.48. The van der Waals surface area contributed by atoms with Gasteiger partial charge in [-0.25, -0.2) is 0 Å². The zero-order chi connectivity index (χ0) is 19.0. The molecule has 0 aromatic heterocycles. The number of nitrogens with zero attached hydrogens (tertiary/aromatic N) is 1. The summed E-state index contributed by atoms with van der Waals surface area (Å²) in [4.78, 5) is 34.1. The monoisotopic (exact) mass is 426 g/mol. The van der Waals surface area contributed by atoms with Crippen molar-refractivity contribution in [1.29, 1.82) is 0 Å². The Balaban J connectivity index is 1.23. The van der Waals surface area contributed by atoms with Crippen molar-refractivity contribution in [1.82, 2.24) is 0 Å². The van der Waals surface area contributed by atoms with Crippen molar-refractivity contribution < 1.29 is 16.2 Å². The topological polar surface area (TPSA) is 86.2 Å². The van der Waals surface area contributed by atoms with Gasteiger partial charge in [0.2, 0.25) is 0 Å². The van der Waals surface area contributed by atoms with E-state index in [1.54, 1.807) is 6.07 Å². The Morgan fingerprint density at radius 2 is 1.48 bits per heavy atom. The van der Waals surface area contributed by atoms with Crippen LogP contribution in [0.3, 0.4) is 0 Å². The van der Waals surface area contributed by atoms with E-state index in [1.807, 2.05) is 12.1 Å². The van der Waals surface area contributed by atoms with E-state index in [2.05, 4.69) is 18.2 Å². The summed E-state index contributed by atoms with van der Waals surface area (Å²) in [6.45, 7) is -3.41. The maximum absolute atomic E-state index is 12.0. The van der Waals surface area contributed by atoms with Crippen LogP contribution in [0, 0.1) is 10.1 Å². The molecule has 6 heteroatoms. The molecule has 4 atom stereocenters. The predicted molar refractivity (Wildman–Crippen MR) is 102 cm³/mol. The first kappa shape index (κ1) is 12.5. The summed E-state index contributed by atoms with van der Waals surface area (Å²) in [6, 6.07) is 13.6. The molecule has 5 nitrogen and oxygen atoms in total. The van der Waals surface area contributed by atoms with Crippen molar-refractivity contribution in [2.75, 3.05) is 0 Å². The van der Waals surface area contributed by atoms with Crippen LogP contribution in [0.5, 0.6) is 0 Å². The Morgan fingerprint density at radius 3 is 1.97 bits per heavy atom. The quantitative estimate of drug-likeness (QED) is 0.417. The van der Waals surface area contributed by atoms with E-state index in [1.165, 1.54) is 45.3 Å². The molecule has 1 amide bonds. The molecule has 2 aromatic rings. The summed E-state index contributed by atoms with van der Waals surface area (Å²) in [7, 11) is 0. The average molecular weight is 426 g/mol. The maximum atomic E-state index is 12.0. The Bertz CT molecular complexity index is 1690. The number of para-hydroxylation sites is 1. The molecule has 10 saturated heterocycles. The van der Waals surface area contributed by atoms with Gasteiger partial charge in [0.15, 0.2) is 0 Å². The second-order valence-electron chi connectivity index (χ2n) is 13.5. The molecule has 10 heterocycles. The number of carbonyl (C=O) groups excluding carboxylic acids is 1. The van der Waals surface area contributed by atoms with Gasteiger partial charge in [0, 0.05) is 0 Å². The molecular formula is C23H18FeN2O3. The molecule has 2 aromatic carbocycles. The minimum atomic E-state index is -3.41. The van der Waals surface area contributed by atoms with Crippen LogP contribution in [-0.2, 0) is 10.8 Å². The van der Waals surface area contributed by atoms with Crippen molar-refractivity contribution >= 4 is 11.6 Å². The van der Waals surface area contributed by atoms with E-state index in [0.29, 0.717) is 9.88 Å². The van der Waals surface area contributed by atoms with Crippen LogP contribution in [0.4, 0.5) is 5.69 Å². The summed E-state index contributed by atoms with van der Waals surface area (Å²) in [5.74, 6) is -0.728. The molecule has 0 saturated carbocycles. The molecule has 4 unspecified atom stereocenters. The van der Waals surface area contributed by atoms with Gasteiger partial charge >= 0.3 is 156 Å². The Kier molecular flexibility index (Phi) is 0.637. The van der Waals surface area contributed by atoms with Crippen molar-refractivity contribution in [3.8, 4) is 11.1 Å². The van der Waals surface area contributed by atoms with Crippen LogP contribution in [0.1, 0.15) is 15.9 Å². The molecule has 10 fully saturated rings. The molecule has 12 rings (SSSR count). The number of nitro groups is 1. The van der Waals surface area contributed by atoms with Gasteiger partial charge in [-0.05, 0) is 0 Å². The average Bonchev–Trinajstić information content (AvgIpc) is 3.66. The third-order valence-electron chi connectivity index (χ3n) is 17.8. The molecule has 0 bridgehead atoms. The number of fused-ring (bicyclic) bond motifs is 10. The van der Waals surface area contributed by atoms with Crippen LogP contribution < -0.4 is 5.73 Å². The number of carbonyl (C=O) groups is 1. The van der Waals surface area contributed by atoms with Gasteiger partial charge in [-0.2, -0.15) is 0 Å². The molecule has 0 radical (unpaired) electrons. The number of hydrogen-bond acceptors (Lipinski definition) is 3. The summed E-state index contributed by atoms with van der Waals surface area (Å²) >= 11 is 0. The summed E-state index contributed by atoms with van der Waals surface area (Å²) in [5.41, 5.74) is 8.49. The van der Waals surface area contributed by atoms with Gasteiger partial charge in [0.1, 0.15) is 0 Å². The fourth-order valence-corrected chi connectivity index (χ4v) is 93.3. The Hall–Kier alpha value is -2.17. The van der Waals surface area contributed by atoms with Crippen molar-refractivity contribution in [2.24, 2.45) is 5.73 Å². The number of nitrogens with two attached hydrogens (primary N) is 1. The van der Waals surface area contributed by atoms with Crippen molar-refractivity contribution in [2.45, 2.75) is 47.7 Å². The Labute approximate surface area is 156 Å². The van der Waals surface area contributed by atoms with Gasteiger partial charge in [-0.1, -0.05) is 0 Å². The van der Waals surface area contributed by atoms with E-state index >= 15 is 0 Å². The molecular weight excluding hydrogens is 408 g/mol. The van der Waals surface area contributed by atoms with E-state index in [4.69, 9.17) is 5.73 Å². The number of primary amides is 1. The second-order valence-corrected chi connectivity index (χ2v) is 37.1. The summed E-state index contributed by atoms with van der Waals surface area (Å²) < 4.78 is 0.506. The van der Waals surface area contributed by atoms with Gasteiger partial charge in [0.05, 0.1) is 0 Å². The van der Waals surface area contributed by atoms with Gasteiger partial charge in [0.25, 0.3) is 0 Å². The molecule has 10 aliphatic heterocycles. The molecule has 0 aliphatic carbocycles. The van der Waals surface area contributed by atoms with Crippen molar-refractivity contribution in [3.63, 3.8) is 0 Å². The van der Waals surface area contributed by atoms with Crippen LogP contribution in [0.25, 0.3) is 11.1 Å². The number of hydrogen-bond donors (Lipinski definition) is 1. The van der Waals surface area contributed by atoms with E-state index in [9.17, 15) is 14.9 Å². The molecule has 10 aliphatic rings. The SMILES string of the molecule is NC(=O)c1cccc(-c2ccccc2[C]23[CH]4[CH]5[CH]6[CH]2[Fe]56432789[CH]3[CH]2[CH]7[CH]8[CH]39)c1[N+](=O)[O-]. The molecule has 146 valence electrons. The van der Waals surface area contributed by atoms with E-state index in [-0.39, 0.29) is 11.3 Å². The fourth-order valence-electron chi connectivity index (χ4n) is 19.1. The molecule has 2 N–H and O–H groups in total. The van der Waals surface area contributed by atoms with Crippen LogP contribution >= 0.6 is 0 Å². The Morgan fingerprint density at radius 1 is 0.897 bits per heavy atom. The van der Waals surface area contributed by atoms with Crippen LogP contribution in [-0.4, -0.2) is 10.8 Å². The summed E-state index contributed by atoms with van der Waals surface area (Å²) in [5, 5.41) is 12.0. The van der Waals surface area contributed by atoms with Gasteiger partial charge in [-0.15, -0.1) is 0 Å². The van der Waals surface area contributed by atoms with E-state index < -0.39 is 17.3 Å². The minimum absolute atomic E-state index is 0.0208. The van der Waals surface area contributed by atoms with Gasteiger partial charge < -0.3 is 0 Å². The zero-order valence-electron chi connectivity index (χ0n) is 15.3. The van der Waals surface area contributed by atoms with Gasteiger partial charge in [-0.3, -0.25) is 0 Å². The normalized spacial score (nSPS) is 74.3. The predicted octanol–water partition coefficient (Wildman–Crippen LogP) is 5.16. The number of rotatable bonds is 4. The third-order valence-corrected chi connectivity index (χ3v) is 60.1. The molecule has 1 spiro atoms. The zero-order valence-corrected chi connectivity index (χ0v) is 16.4. The van der Waals surface area contributed by atoms with Crippen LogP contribution in [0.15, 0.2) is 42.5 Å². The first-order valence-electron chi connectivity index (χ1n) is 10.7. The first-order chi connectivity index (χ1) is 13.8. The fraction of sp³-hybridized carbons (Fsp3) is 0.435.